The summed E-state index contributed by atoms with van der Waals surface area (Å²) in [5.74, 6) is 7.32. The maximum absolute atomic E-state index is 11.5. The monoisotopic (exact) mass is 217 g/mol. The highest BCUT2D eigenvalue weighted by Crippen LogP contribution is 2.19. The van der Waals surface area contributed by atoms with E-state index in [1.54, 1.807) is 0 Å². The summed E-state index contributed by atoms with van der Waals surface area (Å²) >= 11 is 1.95. The van der Waals surface area contributed by atoms with Crippen molar-refractivity contribution in [3.63, 3.8) is 0 Å². The van der Waals surface area contributed by atoms with Crippen molar-refractivity contribution in [3.05, 3.63) is 0 Å². The molecule has 1 fully saturated rings. The molecular formula is C9H19N3OS. The van der Waals surface area contributed by atoms with Crippen LogP contribution >= 0.6 is 11.8 Å². The summed E-state index contributed by atoms with van der Waals surface area (Å²) in [6, 6.07) is 0.409. The third-order valence-electron chi connectivity index (χ3n) is 2.65. The van der Waals surface area contributed by atoms with Crippen LogP contribution in [0.1, 0.15) is 20.3 Å². The number of thioether (sulfide) groups is 1. The molecule has 1 saturated heterocycles. The Morgan fingerprint density at radius 2 is 2.50 bits per heavy atom. The van der Waals surface area contributed by atoms with Crippen LogP contribution in [-0.2, 0) is 4.79 Å². The first kappa shape index (κ1) is 11.8. The largest absolute Gasteiger partial charge is 0.293 e. The number of nitrogens with zero attached hydrogens (tertiary/aromatic N) is 1. The van der Waals surface area contributed by atoms with Crippen LogP contribution in [0.25, 0.3) is 0 Å². The SMILES string of the molecule is CCC(C(=O)NN)N1CCSCC1C. The van der Waals surface area contributed by atoms with Crippen LogP contribution in [0.2, 0.25) is 0 Å². The molecule has 0 aromatic heterocycles. The fourth-order valence-corrected chi connectivity index (χ4v) is 2.91. The van der Waals surface area contributed by atoms with E-state index in [1.165, 1.54) is 0 Å². The predicted octanol–water partition coefficient (Wildman–Crippen LogP) is 0.192. The van der Waals surface area contributed by atoms with Gasteiger partial charge in [0.05, 0.1) is 6.04 Å². The average Bonchev–Trinajstić information content (AvgIpc) is 2.21. The number of nitrogens with one attached hydrogen (secondary N) is 1. The standard InChI is InChI=1S/C9H19N3OS/c1-3-8(9(13)11-10)12-4-5-14-6-7(12)2/h7-8H,3-6,10H2,1-2H3,(H,11,13). The zero-order chi connectivity index (χ0) is 10.6. The molecule has 0 aromatic rings. The van der Waals surface area contributed by atoms with Crippen LogP contribution in [0.5, 0.6) is 0 Å². The van der Waals surface area contributed by atoms with Gasteiger partial charge in [-0.05, 0) is 13.3 Å². The molecule has 1 aliphatic heterocycles. The number of carbonyl (C=O) groups excluding carboxylic acids is 1. The molecule has 4 nitrogen and oxygen atoms in total. The van der Waals surface area contributed by atoms with Gasteiger partial charge in [0.15, 0.2) is 0 Å². The summed E-state index contributed by atoms with van der Waals surface area (Å²) in [5, 5.41) is 0. The Labute approximate surface area is 89.6 Å². The number of rotatable bonds is 3. The van der Waals surface area contributed by atoms with Crippen LogP contribution in [0.15, 0.2) is 0 Å². The lowest BCUT2D eigenvalue weighted by molar-refractivity contribution is -0.127. The Bertz CT molecular complexity index is 200. The maximum atomic E-state index is 11.5. The van der Waals surface area contributed by atoms with Gasteiger partial charge in [-0.15, -0.1) is 0 Å². The topological polar surface area (TPSA) is 58.4 Å². The molecule has 1 heterocycles. The fourth-order valence-electron chi connectivity index (χ4n) is 1.87. The second-order valence-corrected chi connectivity index (χ2v) is 4.74. The quantitative estimate of drug-likeness (QED) is 0.402. The van der Waals surface area contributed by atoms with Crippen molar-refractivity contribution in [1.82, 2.24) is 10.3 Å². The molecule has 1 rings (SSSR count). The summed E-state index contributed by atoms with van der Waals surface area (Å²) in [7, 11) is 0. The van der Waals surface area contributed by atoms with Crippen molar-refractivity contribution >= 4 is 17.7 Å². The second kappa shape index (κ2) is 5.58. The average molecular weight is 217 g/mol. The van der Waals surface area contributed by atoms with Crippen LogP contribution < -0.4 is 11.3 Å². The van der Waals surface area contributed by atoms with Gasteiger partial charge in [0.1, 0.15) is 0 Å². The first-order valence-electron chi connectivity index (χ1n) is 5.04. The van der Waals surface area contributed by atoms with Gasteiger partial charge in [0.2, 0.25) is 0 Å². The summed E-state index contributed by atoms with van der Waals surface area (Å²) < 4.78 is 0. The Kier molecular flexibility index (Phi) is 4.71. The minimum absolute atomic E-state index is 0.0594. The number of hydrogen-bond donors (Lipinski definition) is 2. The lowest BCUT2D eigenvalue weighted by Gasteiger charge is -2.37. The zero-order valence-electron chi connectivity index (χ0n) is 8.82. The van der Waals surface area contributed by atoms with Crippen molar-refractivity contribution in [2.75, 3.05) is 18.1 Å². The molecule has 82 valence electrons. The minimum Gasteiger partial charge on any atom is -0.293 e. The van der Waals surface area contributed by atoms with E-state index in [4.69, 9.17) is 5.84 Å². The van der Waals surface area contributed by atoms with Crippen molar-refractivity contribution in [1.29, 1.82) is 0 Å². The first-order valence-corrected chi connectivity index (χ1v) is 6.20. The molecule has 0 aliphatic carbocycles. The molecule has 1 aliphatic rings. The number of hydrazine groups is 1. The van der Waals surface area contributed by atoms with Crippen molar-refractivity contribution in [2.24, 2.45) is 5.84 Å². The van der Waals surface area contributed by atoms with Gasteiger partial charge in [-0.1, -0.05) is 6.92 Å². The van der Waals surface area contributed by atoms with Crippen LogP contribution in [0.4, 0.5) is 0 Å². The third kappa shape index (κ3) is 2.62. The van der Waals surface area contributed by atoms with E-state index in [0.29, 0.717) is 6.04 Å². The van der Waals surface area contributed by atoms with Gasteiger partial charge in [-0.25, -0.2) is 5.84 Å². The molecule has 0 saturated carbocycles. The first-order chi connectivity index (χ1) is 6.70. The lowest BCUT2D eigenvalue weighted by atomic mass is 10.1. The summed E-state index contributed by atoms with van der Waals surface area (Å²) in [6.45, 7) is 5.17. The molecule has 5 heteroatoms. The molecule has 0 bridgehead atoms. The molecule has 0 spiro atoms. The van der Waals surface area contributed by atoms with Crippen molar-refractivity contribution in [3.8, 4) is 0 Å². The van der Waals surface area contributed by atoms with Gasteiger partial charge in [-0.2, -0.15) is 11.8 Å². The highest BCUT2D eigenvalue weighted by molar-refractivity contribution is 7.99. The van der Waals surface area contributed by atoms with E-state index in [-0.39, 0.29) is 11.9 Å². The van der Waals surface area contributed by atoms with E-state index in [0.717, 1.165) is 24.5 Å². The van der Waals surface area contributed by atoms with Crippen molar-refractivity contribution in [2.45, 2.75) is 32.4 Å². The molecule has 0 radical (unpaired) electrons. The van der Waals surface area contributed by atoms with E-state index in [9.17, 15) is 4.79 Å². The second-order valence-electron chi connectivity index (χ2n) is 3.59. The summed E-state index contributed by atoms with van der Waals surface area (Å²) in [4.78, 5) is 13.8. The van der Waals surface area contributed by atoms with Crippen LogP contribution in [0, 0.1) is 0 Å². The van der Waals surface area contributed by atoms with Gasteiger partial charge in [-0.3, -0.25) is 15.1 Å². The van der Waals surface area contributed by atoms with E-state index in [1.807, 2.05) is 18.7 Å². The molecule has 3 N–H and O–H groups in total. The smallest absolute Gasteiger partial charge is 0.251 e. The van der Waals surface area contributed by atoms with Crippen LogP contribution in [0.3, 0.4) is 0 Å². The third-order valence-corrected chi connectivity index (χ3v) is 3.84. The van der Waals surface area contributed by atoms with Gasteiger partial charge in [0.25, 0.3) is 5.91 Å². The highest BCUT2D eigenvalue weighted by Gasteiger charge is 2.29. The molecular weight excluding hydrogens is 198 g/mol. The van der Waals surface area contributed by atoms with Gasteiger partial charge < -0.3 is 0 Å². The minimum atomic E-state index is -0.0637. The van der Waals surface area contributed by atoms with Gasteiger partial charge >= 0.3 is 0 Å². The molecule has 14 heavy (non-hydrogen) atoms. The maximum Gasteiger partial charge on any atom is 0.251 e. The Morgan fingerprint density at radius 1 is 1.79 bits per heavy atom. The molecule has 0 aromatic carbocycles. The summed E-state index contributed by atoms with van der Waals surface area (Å²) in [5.41, 5.74) is 2.25. The van der Waals surface area contributed by atoms with Gasteiger partial charge in [0, 0.05) is 24.1 Å². The Hall–Kier alpha value is -0.260. The Morgan fingerprint density at radius 3 is 3.00 bits per heavy atom. The number of hydrogen-bond acceptors (Lipinski definition) is 4. The Balaban J connectivity index is 2.61. The number of carbonyl (C=O) groups is 1. The van der Waals surface area contributed by atoms with E-state index < -0.39 is 0 Å². The summed E-state index contributed by atoms with van der Waals surface area (Å²) in [6.07, 6.45) is 0.817. The fraction of sp³-hybridized carbons (Fsp3) is 0.889. The highest BCUT2D eigenvalue weighted by atomic mass is 32.2. The van der Waals surface area contributed by atoms with E-state index >= 15 is 0 Å². The molecule has 1 amide bonds. The van der Waals surface area contributed by atoms with E-state index in [2.05, 4.69) is 17.2 Å². The predicted molar refractivity (Wildman–Crippen MR) is 59.9 cm³/mol. The molecule has 2 unspecified atom stereocenters. The van der Waals surface area contributed by atoms with Crippen LogP contribution in [-0.4, -0.2) is 40.9 Å². The normalized spacial score (nSPS) is 25.8. The number of amides is 1. The lowest BCUT2D eigenvalue weighted by Crippen LogP contribution is -2.54. The molecule has 2 atom stereocenters. The zero-order valence-corrected chi connectivity index (χ0v) is 9.64. The van der Waals surface area contributed by atoms with Crippen molar-refractivity contribution < 1.29 is 4.79 Å². The number of nitrogens with two attached hydrogens (primary N) is 1.